The second-order valence-corrected chi connectivity index (χ2v) is 4.83. The molecule has 0 atom stereocenters. The summed E-state index contributed by atoms with van der Waals surface area (Å²) in [5.74, 6) is -2.21. The normalized spacial score (nSPS) is 17.1. The zero-order valence-corrected chi connectivity index (χ0v) is 10.9. The quantitative estimate of drug-likeness (QED) is 0.800. The molecule has 4 rings (SSSR count). The summed E-state index contributed by atoms with van der Waals surface area (Å²) in [6, 6.07) is 2.73. The van der Waals surface area contributed by atoms with Crippen molar-refractivity contribution in [3.8, 4) is 0 Å². The van der Waals surface area contributed by atoms with Crippen LogP contribution in [0, 0.1) is 0 Å². The van der Waals surface area contributed by atoms with Crippen molar-refractivity contribution < 1.29 is 28.0 Å². The molecule has 0 spiro atoms. The first-order valence-corrected chi connectivity index (χ1v) is 6.34. The standard InChI is InChI=1S/C16H6O6/c17-11-5-9(13(19)7-1-3-21-15(7)11)10-6-12(18)16-8(14(10)20)2-4-22-16/h1-6H. The average Bonchev–Trinajstić information content (AvgIpc) is 3.16. The Morgan fingerprint density at radius 1 is 0.636 bits per heavy atom. The van der Waals surface area contributed by atoms with Gasteiger partial charge in [0.1, 0.15) is 0 Å². The molecule has 0 aromatic carbocycles. The third kappa shape index (κ3) is 1.49. The van der Waals surface area contributed by atoms with Gasteiger partial charge in [0.15, 0.2) is 23.1 Å². The fourth-order valence-corrected chi connectivity index (χ4v) is 2.57. The number of ketones is 4. The molecule has 2 aromatic rings. The van der Waals surface area contributed by atoms with Gasteiger partial charge in [-0.05, 0) is 12.1 Å². The van der Waals surface area contributed by atoms with Gasteiger partial charge in [0.25, 0.3) is 0 Å². The van der Waals surface area contributed by atoms with Crippen molar-refractivity contribution in [3.63, 3.8) is 0 Å². The molecule has 6 nitrogen and oxygen atoms in total. The predicted octanol–water partition coefficient (Wildman–Crippen LogP) is 2.18. The van der Waals surface area contributed by atoms with Crippen molar-refractivity contribution >= 4 is 23.1 Å². The molecule has 6 heteroatoms. The molecule has 0 amide bonds. The molecule has 0 unspecified atom stereocenters. The first-order valence-electron chi connectivity index (χ1n) is 6.34. The second-order valence-electron chi connectivity index (χ2n) is 4.83. The van der Waals surface area contributed by atoms with Crippen molar-refractivity contribution in [1.82, 2.24) is 0 Å². The van der Waals surface area contributed by atoms with Crippen LogP contribution in [0.5, 0.6) is 0 Å². The van der Waals surface area contributed by atoms with Crippen LogP contribution in [-0.4, -0.2) is 23.1 Å². The monoisotopic (exact) mass is 294 g/mol. The highest BCUT2D eigenvalue weighted by Gasteiger charge is 2.36. The number of rotatable bonds is 1. The average molecular weight is 294 g/mol. The van der Waals surface area contributed by atoms with E-state index in [1.165, 1.54) is 24.7 Å². The number of fused-ring (bicyclic) bond motifs is 2. The molecule has 22 heavy (non-hydrogen) atoms. The maximum atomic E-state index is 12.4. The Labute approximate surface area is 122 Å². The summed E-state index contributed by atoms with van der Waals surface area (Å²) in [6.07, 6.45) is 4.51. The molecular formula is C16H6O6. The number of furan rings is 2. The third-order valence-corrected chi connectivity index (χ3v) is 3.60. The van der Waals surface area contributed by atoms with Gasteiger partial charge < -0.3 is 8.83 Å². The largest absolute Gasteiger partial charge is 0.460 e. The Bertz CT molecular complexity index is 869. The first-order chi connectivity index (χ1) is 10.6. The summed E-state index contributed by atoms with van der Waals surface area (Å²) in [5.41, 5.74) is -0.0449. The minimum atomic E-state index is -0.525. The van der Waals surface area contributed by atoms with Crippen LogP contribution < -0.4 is 0 Å². The topological polar surface area (TPSA) is 94.6 Å². The number of hydrogen-bond acceptors (Lipinski definition) is 6. The van der Waals surface area contributed by atoms with Crippen molar-refractivity contribution in [2.24, 2.45) is 0 Å². The van der Waals surface area contributed by atoms with E-state index in [1.54, 1.807) is 0 Å². The van der Waals surface area contributed by atoms with E-state index >= 15 is 0 Å². The Kier molecular flexibility index (Phi) is 2.33. The Hall–Kier alpha value is -3.28. The lowest BCUT2D eigenvalue weighted by atomic mass is 9.83. The molecule has 2 aromatic heterocycles. The van der Waals surface area contributed by atoms with E-state index < -0.39 is 23.1 Å². The van der Waals surface area contributed by atoms with Gasteiger partial charge in [-0.3, -0.25) is 19.2 Å². The maximum Gasteiger partial charge on any atom is 0.222 e. The minimum absolute atomic E-state index is 0.0621. The van der Waals surface area contributed by atoms with Gasteiger partial charge in [0.05, 0.1) is 23.7 Å². The smallest absolute Gasteiger partial charge is 0.222 e. The van der Waals surface area contributed by atoms with E-state index in [0.29, 0.717) is 0 Å². The van der Waals surface area contributed by atoms with E-state index in [-0.39, 0.29) is 33.8 Å². The van der Waals surface area contributed by atoms with Crippen LogP contribution in [0.3, 0.4) is 0 Å². The summed E-state index contributed by atoms with van der Waals surface area (Å²) in [4.78, 5) is 48.8. The molecule has 0 N–H and O–H groups in total. The van der Waals surface area contributed by atoms with E-state index in [2.05, 4.69) is 0 Å². The van der Waals surface area contributed by atoms with Crippen molar-refractivity contribution in [1.29, 1.82) is 0 Å². The summed E-state index contributed by atoms with van der Waals surface area (Å²) < 4.78 is 9.93. The number of allylic oxidation sites excluding steroid dienone is 4. The van der Waals surface area contributed by atoms with E-state index in [4.69, 9.17) is 8.83 Å². The van der Waals surface area contributed by atoms with Crippen LogP contribution in [-0.2, 0) is 0 Å². The van der Waals surface area contributed by atoms with E-state index in [9.17, 15) is 19.2 Å². The second kappa shape index (κ2) is 4.11. The van der Waals surface area contributed by atoms with E-state index in [0.717, 1.165) is 12.2 Å². The van der Waals surface area contributed by atoms with Crippen molar-refractivity contribution in [3.05, 3.63) is 70.6 Å². The van der Waals surface area contributed by atoms with Gasteiger partial charge in [-0.2, -0.15) is 0 Å². The van der Waals surface area contributed by atoms with Gasteiger partial charge in [-0.1, -0.05) is 0 Å². The fraction of sp³-hybridized carbons (Fsp3) is 0. The molecule has 0 saturated heterocycles. The van der Waals surface area contributed by atoms with Crippen LogP contribution in [0.2, 0.25) is 0 Å². The number of carbonyl (C=O) groups is 4. The third-order valence-electron chi connectivity index (χ3n) is 3.60. The highest BCUT2D eigenvalue weighted by atomic mass is 16.3. The molecule has 106 valence electrons. The lowest BCUT2D eigenvalue weighted by Gasteiger charge is -2.15. The van der Waals surface area contributed by atoms with Crippen molar-refractivity contribution in [2.75, 3.05) is 0 Å². The Balaban J connectivity index is 1.87. The van der Waals surface area contributed by atoms with Gasteiger partial charge in [0.2, 0.25) is 11.6 Å². The highest BCUT2D eigenvalue weighted by Crippen LogP contribution is 2.31. The number of Topliss-reactive ketones (excluding diaryl/α,β-unsaturated/α-hetero) is 2. The number of hydrogen-bond donors (Lipinski definition) is 0. The van der Waals surface area contributed by atoms with Crippen LogP contribution in [0.4, 0.5) is 0 Å². The predicted molar refractivity (Wildman–Crippen MR) is 70.9 cm³/mol. The number of carbonyl (C=O) groups excluding carboxylic acids is 4. The summed E-state index contributed by atoms with van der Waals surface area (Å²) in [6.45, 7) is 0. The summed E-state index contributed by atoms with van der Waals surface area (Å²) in [5, 5.41) is 0. The summed E-state index contributed by atoms with van der Waals surface area (Å²) >= 11 is 0. The Morgan fingerprint density at radius 3 is 1.45 bits per heavy atom. The molecule has 0 radical (unpaired) electrons. The molecule has 2 aliphatic carbocycles. The van der Waals surface area contributed by atoms with Crippen molar-refractivity contribution in [2.45, 2.75) is 0 Å². The Morgan fingerprint density at radius 2 is 1.05 bits per heavy atom. The van der Waals surface area contributed by atoms with Crippen LogP contribution in [0.25, 0.3) is 0 Å². The molecular weight excluding hydrogens is 288 g/mol. The molecule has 0 aliphatic heterocycles. The molecule has 2 heterocycles. The zero-order valence-electron chi connectivity index (χ0n) is 10.9. The van der Waals surface area contributed by atoms with Gasteiger partial charge in [0, 0.05) is 23.3 Å². The first kappa shape index (κ1) is 12.5. The van der Waals surface area contributed by atoms with Crippen LogP contribution in [0.15, 0.2) is 56.8 Å². The maximum absolute atomic E-state index is 12.4. The highest BCUT2D eigenvalue weighted by molar-refractivity contribution is 6.34. The molecule has 0 bridgehead atoms. The minimum Gasteiger partial charge on any atom is -0.460 e. The van der Waals surface area contributed by atoms with Gasteiger partial charge in [-0.15, -0.1) is 0 Å². The van der Waals surface area contributed by atoms with E-state index in [1.807, 2.05) is 0 Å². The van der Waals surface area contributed by atoms with Crippen LogP contribution in [0.1, 0.15) is 41.8 Å². The van der Waals surface area contributed by atoms with Crippen LogP contribution >= 0.6 is 0 Å². The van der Waals surface area contributed by atoms with Gasteiger partial charge in [-0.25, -0.2) is 0 Å². The fourth-order valence-electron chi connectivity index (χ4n) is 2.57. The molecule has 0 fully saturated rings. The molecule has 2 aliphatic rings. The summed E-state index contributed by atoms with van der Waals surface area (Å²) in [7, 11) is 0. The lowest BCUT2D eigenvalue weighted by Crippen LogP contribution is -2.23. The molecule has 0 saturated carbocycles. The zero-order chi connectivity index (χ0) is 15.4. The lowest BCUT2D eigenvalue weighted by molar-refractivity contribution is 0.0948. The van der Waals surface area contributed by atoms with Gasteiger partial charge >= 0.3 is 0 Å². The SMILES string of the molecule is O=C1C(C2=CC(=O)c3occc3C2=O)=CC(=O)c2occc21.